The summed E-state index contributed by atoms with van der Waals surface area (Å²) >= 11 is 1.59. The van der Waals surface area contributed by atoms with Gasteiger partial charge in [0, 0.05) is 16.0 Å². The molecule has 2 aromatic heterocycles. The van der Waals surface area contributed by atoms with Crippen molar-refractivity contribution in [2.24, 2.45) is 10.9 Å². The molecule has 16 heteroatoms. The normalized spacial score (nSPS) is 19.0. The Bertz CT molecular complexity index is 2020. The molecular formula is C29H31N7O6S3. The van der Waals surface area contributed by atoms with E-state index in [1.165, 1.54) is 19.3 Å². The zero-order chi connectivity index (χ0) is 32.9. The summed E-state index contributed by atoms with van der Waals surface area (Å²) in [5.41, 5.74) is 2.79. The van der Waals surface area contributed by atoms with Crippen LogP contribution >= 0.6 is 11.3 Å². The number of aromatic nitrogens is 3. The molecule has 2 atom stereocenters. The number of aryl methyl sites for hydroxylation is 2. The molecule has 236 valence electrons. The monoisotopic (exact) mass is 669 g/mol. The average molecular weight is 670 g/mol. The lowest BCUT2D eigenvalue weighted by Gasteiger charge is -2.36. The van der Waals surface area contributed by atoms with Gasteiger partial charge >= 0.3 is 5.97 Å². The van der Waals surface area contributed by atoms with Crippen LogP contribution in [0.15, 0.2) is 47.5 Å². The number of methoxy groups -OCH3 is 1. The molecule has 0 spiro atoms. The first-order chi connectivity index (χ1) is 21.1. The molecule has 3 heterocycles. The molecule has 2 N–H and O–H groups in total. The van der Waals surface area contributed by atoms with Crippen LogP contribution in [0, 0.1) is 38.0 Å². The first-order valence-corrected chi connectivity index (χ1v) is 18.2. The van der Waals surface area contributed by atoms with Crippen molar-refractivity contribution in [3.63, 3.8) is 0 Å². The molecule has 45 heavy (non-hydrogen) atoms. The number of hydrogen-bond acceptors (Lipinski definition) is 11. The lowest BCUT2D eigenvalue weighted by molar-refractivity contribution is -0.141. The van der Waals surface area contributed by atoms with Gasteiger partial charge in [-0.25, -0.2) is 16.8 Å². The molecule has 5 rings (SSSR count). The van der Waals surface area contributed by atoms with E-state index in [0.717, 1.165) is 39.1 Å². The van der Waals surface area contributed by atoms with Crippen LogP contribution in [-0.2, 0) is 29.6 Å². The van der Waals surface area contributed by atoms with Crippen LogP contribution in [-0.4, -0.2) is 68.6 Å². The largest absolute Gasteiger partial charge is 0.469 e. The van der Waals surface area contributed by atoms with Crippen LogP contribution in [0.25, 0.3) is 10.6 Å². The highest BCUT2D eigenvalue weighted by atomic mass is 32.2. The topological polar surface area (TPSA) is 185 Å². The highest BCUT2D eigenvalue weighted by Crippen LogP contribution is 2.40. The van der Waals surface area contributed by atoms with Gasteiger partial charge in [0.1, 0.15) is 28.4 Å². The second kappa shape index (κ2) is 11.7. The molecule has 1 aliphatic carbocycles. The molecule has 0 bridgehead atoms. The van der Waals surface area contributed by atoms with Crippen molar-refractivity contribution in [1.82, 2.24) is 24.2 Å². The molecule has 2 aliphatic rings. The first kappa shape index (κ1) is 32.4. The predicted octanol–water partition coefficient (Wildman–Crippen LogP) is 2.60. The fourth-order valence-electron chi connectivity index (χ4n) is 5.44. The van der Waals surface area contributed by atoms with E-state index < -0.39 is 43.6 Å². The van der Waals surface area contributed by atoms with Crippen molar-refractivity contribution < 1.29 is 26.4 Å². The van der Waals surface area contributed by atoms with Gasteiger partial charge in [0.05, 0.1) is 37.8 Å². The minimum Gasteiger partial charge on any atom is -0.469 e. The van der Waals surface area contributed by atoms with Crippen molar-refractivity contribution in [2.75, 3.05) is 19.6 Å². The number of nitrogens with one attached hydrogen (secondary N) is 2. The van der Waals surface area contributed by atoms with Gasteiger partial charge in [-0.3, -0.25) is 14.4 Å². The Morgan fingerprint density at radius 1 is 1.07 bits per heavy atom. The number of thiophene rings is 1. The molecule has 0 amide bonds. The highest BCUT2D eigenvalue weighted by Gasteiger charge is 2.43. The third-order valence-electron chi connectivity index (χ3n) is 7.53. The summed E-state index contributed by atoms with van der Waals surface area (Å²) in [5.74, 6) is -0.422. The maximum absolute atomic E-state index is 12.4. The van der Waals surface area contributed by atoms with Crippen molar-refractivity contribution in [3.05, 3.63) is 81.3 Å². The van der Waals surface area contributed by atoms with Crippen LogP contribution < -0.4 is 9.44 Å². The molecule has 1 unspecified atom stereocenters. The Balaban J connectivity index is 1.58. The zero-order valence-corrected chi connectivity index (χ0v) is 27.8. The summed E-state index contributed by atoms with van der Waals surface area (Å²) in [7, 11) is -6.51. The molecule has 0 radical (unpaired) electrons. The predicted molar refractivity (Wildman–Crippen MR) is 170 cm³/mol. The van der Waals surface area contributed by atoms with Crippen molar-refractivity contribution >= 4 is 48.6 Å². The van der Waals surface area contributed by atoms with E-state index >= 15 is 0 Å². The Morgan fingerprint density at radius 3 is 2.27 bits per heavy atom. The fraction of sp³-hybridized carbons (Fsp3) is 0.345. The number of sulfonamides is 2. The van der Waals surface area contributed by atoms with Gasteiger partial charge in [0.2, 0.25) is 20.0 Å². The number of allylic oxidation sites excluding steroid dienone is 2. The molecule has 0 fully saturated rings. The van der Waals surface area contributed by atoms with Crippen LogP contribution in [0.4, 0.5) is 0 Å². The van der Waals surface area contributed by atoms with Gasteiger partial charge in [-0.05, 0) is 43.5 Å². The lowest BCUT2D eigenvalue weighted by atomic mass is 9.85. The maximum Gasteiger partial charge on any atom is 0.308 e. The van der Waals surface area contributed by atoms with Crippen molar-refractivity contribution in [3.8, 4) is 11.1 Å². The molecule has 0 saturated heterocycles. The summed E-state index contributed by atoms with van der Waals surface area (Å²) in [6.07, 6.45) is 6.16. The quantitative estimate of drug-likeness (QED) is 0.269. The van der Waals surface area contributed by atoms with E-state index in [1.807, 2.05) is 55.7 Å². The third-order valence-corrected chi connectivity index (χ3v) is 10.1. The summed E-state index contributed by atoms with van der Waals surface area (Å²) in [6.45, 7) is 5.91. The highest BCUT2D eigenvalue weighted by molar-refractivity contribution is 7.89. The smallest absolute Gasteiger partial charge is 0.308 e. The summed E-state index contributed by atoms with van der Waals surface area (Å²) in [4.78, 5) is 18.6. The second-order valence-electron chi connectivity index (χ2n) is 10.9. The number of esters is 1. The lowest BCUT2D eigenvalue weighted by Crippen LogP contribution is -2.63. The van der Waals surface area contributed by atoms with Crippen LogP contribution in [0.2, 0.25) is 0 Å². The van der Waals surface area contributed by atoms with Crippen molar-refractivity contribution in [2.45, 2.75) is 38.9 Å². The second-order valence-corrected chi connectivity index (χ2v) is 15.6. The number of rotatable bonds is 8. The van der Waals surface area contributed by atoms with Crippen molar-refractivity contribution in [1.29, 1.82) is 5.26 Å². The van der Waals surface area contributed by atoms with Crippen LogP contribution in [0.3, 0.4) is 0 Å². The summed E-state index contributed by atoms with van der Waals surface area (Å²) in [5, 5.41) is 19.5. The maximum atomic E-state index is 12.4. The molecule has 1 aromatic carbocycles. The van der Waals surface area contributed by atoms with Crippen LogP contribution in [0.5, 0.6) is 0 Å². The first-order valence-electron chi connectivity index (χ1n) is 13.6. The van der Waals surface area contributed by atoms with Gasteiger partial charge in [0.25, 0.3) is 0 Å². The van der Waals surface area contributed by atoms with Gasteiger partial charge in [-0.15, -0.1) is 21.5 Å². The van der Waals surface area contributed by atoms with E-state index in [-0.39, 0.29) is 6.42 Å². The fourth-order valence-corrected chi connectivity index (χ4v) is 8.44. The number of ether oxygens (including phenoxy) is 1. The minimum absolute atomic E-state index is 0.0266. The number of carbonyl (C=O) groups is 1. The number of aliphatic imine (C=N–C) groups is 1. The number of nitriles is 1. The number of benzene rings is 1. The molecule has 13 nitrogen and oxygen atoms in total. The van der Waals surface area contributed by atoms with Crippen LogP contribution in [0.1, 0.15) is 51.2 Å². The van der Waals surface area contributed by atoms with E-state index in [0.29, 0.717) is 28.5 Å². The van der Waals surface area contributed by atoms with E-state index in [1.54, 1.807) is 17.4 Å². The van der Waals surface area contributed by atoms with Gasteiger partial charge in [-0.1, -0.05) is 36.4 Å². The average Bonchev–Trinajstić information content (AvgIpc) is 3.43. The summed E-state index contributed by atoms with van der Waals surface area (Å²) in [6, 6.07) is 8.79. The number of hydrogen-bond donors (Lipinski definition) is 2. The molecule has 1 aliphatic heterocycles. The number of nitrogens with zero attached hydrogens (tertiary/aromatic N) is 5. The van der Waals surface area contributed by atoms with E-state index in [4.69, 9.17) is 9.73 Å². The molecule has 0 saturated carbocycles. The molecular weight excluding hydrogens is 639 g/mol. The SMILES string of the molecule is COC(=O)C[C@@H]1N=C(c2ccc(C3=CC(C#N)C(NS(C)(=O)=O)(NS(C)(=O)=O)C=C3)cc2)c2c(sc(C)c2C)-n2c(C)nnc21. The molecule has 3 aromatic rings. The third kappa shape index (κ3) is 6.40. The van der Waals surface area contributed by atoms with Gasteiger partial charge < -0.3 is 4.74 Å². The van der Waals surface area contributed by atoms with E-state index in [9.17, 15) is 26.9 Å². The Morgan fingerprint density at radius 2 is 1.69 bits per heavy atom. The summed E-state index contributed by atoms with van der Waals surface area (Å²) < 4.78 is 60.0. The number of fused-ring (bicyclic) bond motifs is 3. The Kier molecular flexibility index (Phi) is 8.44. The van der Waals surface area contributed by atoms with Gasteiger partial charge in [-0.2, -0.15) is 14.7 Å². The standard InChI is InChI=1S/C29H31N7O6S3/c1-16-17(2)43-28-25(16)26(31-23(14-24(37)42-4)27-33-32-18(3)36(27)28)20-9-7-19(8-10-20)21-11-12-29(22(13-21)15-30,34-44(5,38)39)35-45(6,40)41/h7-13,22-23,34-35H,14H2,1-6H3/t22?,23-/m0/s1. The zero-order valence-electron chi connectivity index (χ0n) is 25.3. The minimum atomic E-state index is -3.92. The Labute approximate surface area is 265 Å². The van der Waals surface area contributed by atoms with E-state index in [2.05, 4.69) is 19.6 Å². The number of carbonyl (C=O) groups excluding carboxylic acids is 1. The van der Waals surface area contributed by atoms with Gasteiger partial charge in [0.15, 0.2) is 5.82 Å². The Hall–Kier alpha value is -4.01.